The van der Waals surface area contributed by atoms with Crippen molar-refractivity contribution in [3.8, 4) is 0 Å². The van der Waals surface area contributed by atoms with Gasteiger partial charge < -0.3 is 14.2 Å². The maximum absolute atomic E-state index is 6.37. The Labute approximate surface area is 146 Å². The van der Waals surface area contributed by atoms with Crippen molar-refractivity contribution < 1.29 is 4.42 Å². The molecular weight excluding hydrogens is 308 g/mol. The second kappa shape index (κ2) is 5.03. The largest absolute Gasteiger partial charge is 0.454 e. The summed E-state index contributed by atoms with van der Waals surface area (Å²) in [7, 11) is 2.10. The highest BCUT2D eigenvalue weighted by Crippen LogP contribution is 2.41. The third kappa shape index (κ3) is 1.92. The fraction of sp³-hybridized carbons (Fsp3) is 0.182. The summed E-state index contributed by atoms with van der Waals surface area (Å²) in [6, 6.07) is 17.1. The lowest BCUT2D eigenvalue weighted by Crippen LogP contribution is -2.33. The fourth-order valence-corrected chi connectivity index (χ4v) is 3.90. The van der Waals surface area contributed by atoms with Crippen LogP contribution in [0.5, 0.6) is 0 Å². The molecule has 0 aliphatic carbocycles. The van der Waals surface area contributed by atoms with Gasteiger partial charge in [0.25, 0.3) is 0 Å². The van der Waals surface area contributed by atoms with E-state index in [4.69, 9.17) is 4.42 Å². The smallest absolute Gasteiger partial charge is 0.159 e. The van der Waals surface area contributed by atoms with Crippen LogP contribution in [0.25, 0.3) is 32.7 Å². The quantitative estimate of drug-likeness (QED) is 0.452. The Kier molecular flexibility index (Phi) is 2.90. The molecule has 5 rings (SSSR count). The Balaban J connectivity index is 1.89. The van der Waals surface area contributed by atoms with E-state index in [9.17, 15) is 0 Å². The summed E-state index contributed by atoms with van der Waals surface area (Å²) in [5.41, 5.74) is 4.30. The molecule has 0 saturated heterocycles. The maximum Gasteiger partial charge on any atom is 0.159 e. The first-order chi connectivity index (χ1) is 12.1. The molecule has 1 aliphatic rings. The minimum absolute atomic E-state index is 0.272. The van der Waals surface area contributed by atoms with Crippen molar-refractivity contribution in [1.82, 2.24) is 4.90 Å². The molecule has 1 aromatic heterocycles. The van der Waals surface area contributed by atoms with Crippen molar-refractivity contribution in [2.45, 2.75) is 20.0 Å². The minimum atomic E-state index is 0.272. The predicted octanol–water partition coefficient (Wildman–Crippen LogP) is 5.62. The first-order valence-corrected chi connectivity index (χ1v) is 8.67. The van der Waals surface area contributed by atoms with Crippen LogP contribution in [0.4, 0.5) is 5.69 Å². The number of benzene rings is 3. The van der Waals surface area contributed by atoms with E-state index < -0.39 is 0 Å². The third-order valence-electron chi connectivity index (χ3n) is 5.42. The van der Waals surface area contributed by atoms with Gasteiger partial charge in [-0.3, -0.25) is 0 Å². The number of hydrogen-bond acceptors (Lipinski definition) is 3. The molecule has 4 aromatic rings. The molecule has 0 N–H and O–H groups in total. The summed E-state index contributed by atoms with van der Waals surface area (Å²) in [6.07, 6.45) is 4.52. The Morgan fingerprint density at radius 2 is 1.76 bits per heavy atom. The van der Waals surface area contributed by atoms with Crippen molar-refractivity contribution in [2.75, 3.05) is 11.9 Å². The summed E-state index contributed by atoms with van der Waals surface area (Å²) in [6.45, 7) is 4.36. The van der Waals surface area contributed by atoms with E-state index >= 15 is 0 Å². The van der Waals surface area contributed by atoms with Crippen LogP contribution in [0, 0.1) is 6.92 Å². The zero-order valence-corrected chi connectivity index (χ0v) is 14.7. The summed E-state index contributed by atoms with van der Waals surface area (Å²) < 4.78 is 6.37. The SMILES string of the molecule is Cc1ccc2c(oc3ccc4ccccc4c32)c1N1C=CN(C)[C@@H]1C. The van der Waals surface area contributed by atoms with Gasteiger partial charge in [0, 0.05) is 30.2 Å². The molecule has 2 heterocycles. The van der Waals surface area contributed by atoms with E-state index in [2.05, 4.69) is 91.6 Å². The molecule has 3 heteroatoms. The maximum atomic E-state index is 6.37. The first kappa shape index (κ1) is 14.4. The van der Waals surface area contributed by atoms with Gasteiger partial charge in [-0.25, -0.2) is 0 Å². The van der Waals surface area contributed by atoms with Crippen molar-refractivity contribution in [2.24, 2.45) is 0 Å². The van der Waals surface area contributed by atoms with E-state index in [1.807, 2.05) is 0 Å². The average molecular weight is 328 g/mol. The Morgan fingerprint density at radius 3 is 2.56 bits per heavy atom. The van der Waals surface area contributed by atoms with Gasteiger partial charge in [0.1, 0.15) is 11.7 Å². The van der Waals surface area contributed by atoms with Gasteiger partial charge in [-0.05, 0) is 36.2 Å². The molecule has 0 amide bonds. The highest BCUT2D eigenvalue weighted by atomic mass is 16.3. The lowest BCUT2D eigenvalue weighted by molar-refractivity contribution is 0.383. The molecule has 3 nitrogen and oxygen atoms in total. The van der Waals surface area contributed by atoms with E-state index in [0.29, 0.717) is 0 Å². The highest BCUT2D eigenvalue weighted by molar-refractivity contribution is 6.20. The number of nitrogens with zero attached hydrogens (tertiary/aromatic N) is 2. The number of aryl methyl sites for hydroxylation is 1. The number of fused-ring (bicyclic) bond motifs is 5. The molecule has 3 aromatic carbocycles. The van der Waals surface area contributed by atoms with E-state index in [-0.39, 0.29) is 6.17 Å². The van der Waals surface area contributed by atoms with Crippen LogP contribution >= 0.6 is 0 Å². The standard InChI is InChI=1S/C22H20N2O/c1-14-8-10-18-20-17-7-5-4-6-16(17)9-11-19(20)25-22(18)21(14)24-13-12-23(3)15(24)2/h4-13,15H,1-3H3/t15-/m0/s1. The van der Waals surface area contributed by atoms with Crippen molar-refractivity contribution in [1.29, 1.82) is 0 Å². The van der Waals surface area contributed by atoms with Crippen molar-refractivity contribution >= 4 is 38.4 Å². The van der Waals surface area contributed by atoms with Gasteiger partial charge in [-0.1, -0.05) is 42.5 Å². The monoisotopic (exact) mass is 328 g/mol. The van der Waals surface area contributed by atoms with E-state index in [1.165, 1.54) is 27.1 Å². The first-order valence-electron chi connectivity index (χ1n) is 8.67. The summed E-state index contributed by atoms with van der Waals surface area (Å²) in [4.78, 5) is 4.50. The van der Waals surface area contributed by atoms with Crippen LogP contribution in [-0.2, 0) is 0 Å². The van der Waals surface area contributed by atoms with Crippen LogP contribution < -0.4 is 4.90 Å². The Morgan fingerprint density at radius 1 is 0.920 bits per heavy atom. The van der Waals surface area contributed by atoms with Crippen LogP contribution in [0.15, 0.2) is 65.3 Å². The molecule has 0 saturated carbocycles. The second-order valence-corrected chi connectivity index (χ2v) is 6.87. The molecule has 0 unspecified atom stereocenters. The van der Waals surface area contributed by atoms with Crippen LogP contribution in [-0.4, -0.2) is 18.1 Å². The van der Waals surface area contributed by atoms with Gasteiger partial charge in [-0.2, -0.15) is 0 Å². The minimum Gasteiger partial charge on any atom is -0.454 e. The second-order valence-electron chi connectivity index (χ2n) is 6.87. The fourth-order valence-electron chi connectivity index (χ4n) is 3.90. The molecule has 0 fully saturated rings. The van der Waals surface area contributed by atoms with Gasteiger partial charge in [0.05, 0.1) is 5.69 Å². The Bertz CT molecular complexity index is 1160. The zero-order chi connectivity index (χ0) is 17.1. The third-order valence-corrected chi connectivity index (χ3v) is 5.42. The van der Waals surface area contributed by atoms with E-state index in [0.717, 1.165) is 16.9 Å². The van der Waals surface area contributed by atoms with Gasteiger partial charge in [-0.15, -0.1) is 0 Å². The van der Waals surface area contributed by atoms with Gasteiger partial charge in [0.2, 0.25) is 0 Å². The lowest BCUT2D eigenvalue weighted by atomic mass is 10.0. The zero-order valence-electron chi connectivity index (χ0n) is 14.7. The topological polar surface area (TPSA) is 19.6 Å². The highest BCUT2D eigenvalue weighted by Gasteiger charge is 2.25. The van der Waals surface area contributed by atoms with E-state index in [1.54, 1.807) is 0 Å². The molecule has 25 heavy (non-hydrogen) atoms. The van der Waals surface area contributed by atoms with Crippen LogP contribution in [0.1, 0.15) is 12.5 Å². The van der Waals surface area contributed by atoms with Crippen molar-refractivity contribution in [3.05, 3.63) is 66.5 Å². The Hall–Kier alpha value is -2.94. The van der Waals surface area contributed by atoms with Crippen molar-refractivity contribution in [3.63, 3.8) is 0 Å². The summed E-state index contributed by atoms with van der Waals surface area (Å²) in [5.74, 6) is 0. The molecular formula is C22H20N2O. The van der Waals surface area contributed by atoms with Gasteiger partial charge >= 0.3 is 0 Å². The number of hydrogen-bond donors (Lipinski definition) is 0. The van der Waals surface area contributed by atoms with Crippen LogP contribution in [0.2, 0.25) is 0 Å². The summed E-state index contributed by atoms with van der Waals surface area (Å²) >= 11 is 0. The molecule has 1 aliphatic heterocycles. The molecule has 0 spiro atoms. The predicted molar refractivity (Wildman–Crippen MR) is 105 cm³/mol. The number of furan rings is 1. The molecule has 1 atom stereocenters. The average Bonchev–Trinajstić information content (AvgIpc) is 3.16. The van der Waals surface area contributed by atoms with Gasteiger partial charge in [0.15, 0.2) is 5.58 Å². The van der Waals surface area contributed by atoms with Crippen LogP contribution in [0.3, 0.4) is 0 Å². The number of anilines is 1. The summed E-state index contributed by atoms with van der Waals surface area (Å²) in [5, 5.41) is 4.88. The molecule has 124 valence electrons. The molecule has 0 bridgehead atoms. The molecule has 0 radical (unpaired) electrons. The number of rotatable bonds is 1. The lowest BCUT2D eigenvalue weighted by Gasteiger charge is -2.28. The normalized spacial score (nSPS) is 17.5.